The molecule has 0 unspecified atom stereocenters. The summed E-state index contributed by atoms with van der Waals surface area (Å²) in [6, 6.07) is 0. The molecule has 0 aromatic heterocycles. The van der Waals surface area contributed by atoms with Crippen LogP contribution in [0.15, 0.2) is 0 Å². The van der Waals surface area contributed by atoms with Gasteiger partial charge in [0.15, 0.2) is 5.78 Å². The van der Waals surface area contributed by atoms with Gasteiger partial charge < -0.3 is 9.47 Å². The monoisotopic (exact) mass is 230 g/mol. The van der Waals surface area contributed by atoms with E-state index in [2.05, 4.69) is 13.8 Å². The van der Waals surface area contributed by atoms with Crippen LogP contribution in [-0.4, -0.2) is 31.7 Å². The predicted molar refractivity (Wildman–Crippen MR) is 65.6 cm³/mol. The zero-order valence-corrected chi connectivity index (χ0v) is 11.1. The summed E-state index contributed by atoms with van der Waals surface area (Å²) < 4.78 is 10.7. The molecule has 0 aromatic carbocycles. The van der Waals surface area contributed by atoms with Gasteiger partial charge in [0.1, 0.15) is 6.61 Å². The highest BCUT2D eigenvalue weighted by Gasteiger charge is 2.03. The van der Waals surface area contributed by atoms with Crippen LogP contribution in [0.5, 0.6) is 0 Å². The van der Waals surface area contributed by atoms with Gasteiger partial charge in [-0.1, -0.05) is 13.8 Å². The molecule has 0 aliphatic rings. The van der Waals surface area contributed by atoms with Crippen LogP contribution in [0.25, 0.3) is 0 Å². The molecule has 0 saturated carbocycles. The Labute approximate surface area is 99.5 Å². The summed E-state index contributed by atoms with van der Waals surface area (Å²) in [4.78, 5) is 11.3. The van der Waals surface area contributed by atoms with Crippen LogP contribution in [0, 0.1) is 5.92 Å². The molecule has 0 fully saturated rings. The molecule has 0 aromatic rings. The summed E-state index contributed by atoms with van der Waals surface area (Å²) in [7, 11) is 0. The lowest BCUT2D eigenvalue weighted by molar-refractivity contribution is -0.125. The number of carbonyl (C=O) groups is 1. The minimum absolute atomic E-state index is 0.131. The summed E-state index contributed by atoms with van der Waals surface area (Å²) in [5.41, 5.74) is 0. The maximum atomic E-state index is 11.3. The second-order valence-corrected chi connectivity index (χ2v) is 4.80. The lowest BCUT2D eigenvalue weighted by Crippen LogP contribution is -2.13. The average molecular weight is 230 g/mol. The fourth-order valence-corrected chi connectivity index (χ4v) is 1.12. The molecule has 0 heterocycles. The van der Waals surface area contributed by atoms with E-state index >= 15 is 0 Å². The molecule has 96 valence electrons. The molecule has 16 heavy (non-hydrogen) atoms. The van der Waals surface area contributed by atoms with Crippen molar-refractivity contribution < 1.29 is 14.3 Å². The molecule has 3 nitrogen and oxygen atoms in total. The van der Waals surface area contributed by atoms with E-state index in [9.17, 15) is 4.79 Å². The van der Waals surface area contributed by atoms with E-state index in [-0.39, 0.29) is 18.5 Å². The van der Waals surface area contributed by atoms with Gasteiger partial charge in [-0.2, -0.15) is 0 Å². The molecule has 0 amide bonds. The fourth-order valence-electron chi connectivity index (χ4n) is 1.12. The molecular formula is C13H26O3. The van der Waals surface area contributed by atoms with Crippen molar-refractivity contribution in [3.8, 4) is 0 Å². The third-order valence-corrected chi connectivity index (χ3v) is 2.16. The molecule has 0 saturated heterocycles. The van der Waals surface area contributed by atoms with E-state index in [1.54, 1.807) is 0 Å². The van der Waals surface area contributed by atoms with Gasteiger partial charge in [-0.15, -0.1) is 0 Å². The van der Waals surface area contributed by atoms with E-state index in [1.807, 2.05) is 13.8 Å². The van der Waals surface area contributed by atoms with Gasteiger partial charge in [-0.05, 0) is 32.6 Å². The lowest BCUT2D eigenvalue weighted by Gasteiger charge is -2.07. The first kappa shape index (κ1) is 15.6. The van der Waals surface area contributed by atoms with Crippen molar-refractivity contribution in [1.29, 1.82) is 0 Å². The molecule has 0 bridgehead atoms. The second-order valence-electron chi connectivity index (χ2n) is 4.80. The van der Waals surface area contributed by atoms with Crippen molar-refractivity contribution in [1.82, 2.24) is 0 Å². The van der Waals surface area contributed by atoms with Gasteiger partial charge in [0.05, 0.1) is 6.10 Å². The number of hydrogen-bond acceptors (Lipinski definition) is 3. The Morgan fingerprint density at radius 3 is 2.38 bits per heavy atom. The first-order valence-electron chi connectivity index (χ1n) is 6.23. The van der Waals surface area contributed by atoms with Crippen LogP contribution in [0.2, 0.25) is 0 Å². The van der Waals surface area contributed by atoms with Crippen molar-refractivity contribution in [2.24, 2.45) is 5.92 Å². The summed E-state index contributed by atoms with van der Waals surface area (Å²) in [5, 5.41) is 0. The van der Waals surface area contributed by atoms with Gasteiger partial charge >= 0.3 is 0 Å². The number of Topliss-reactive ketones (excluding diaryl/α,β-unsaturated/α-hetero) is 1. The molecule has 0 radical (unpaired) electrons. The SMILES string of the molecule is CC(C)CCOCCCC(=O)COC(C)C. The quantitative estimate of drug-likeness (QED) is 0.541. The predicted octanol–water partition coefficient (Wildman–Crippen LogP) is 2.82. The number of carbonyl (C=O) groups excluding carboxylic acids is 1. The van der Waals surface area contributed by atoms with Gasteiger partial charge in [0, 0.05) is 19.6 Å². The molecule has 0 N–H and O–H groups in total. The zero-order chi connectivity index (χ0) is 12.4. The van der Waals surface area contributed by atoms with Gasteiger partial charge in [0.2, 0.25) is 0 Å². The fraction of sp³-hybridized carbons (Fsp3) is 0.923. The van der Waals surface area contributed by atoms with Crippen molar-refractivity contribution in [3.63, 3.8) is 0 Å². The minimum Gasteiger partial charge on any atom is -0.381 e. The molecule has 0 spiro atoms. The standard InChI is InChI=1S/C13H26O3/c1-11(2)7-9-15-8-5-6-13(14)10-16-12(3)4/h11-12H,5-10H2,1-4H3. The summed E-state index contributed by atoms with van der Waals surface area (Å²) in [6.45, 7) is 9.94. The molecule has 0 aliphatic carbocycles. The number of rotatable bonds is 10. The first-order chi connectivity index (χ1) is 7.52. The zero-order valence-electron chi connectivity index (χ0n) is 11.1. The Hall–Kier alpha value is -0.410. The van der Waals surface area contributed by atoms with Gasteiger partial charge in [0.25, 0.3) is 0 Å². The Balaban J connectivity index is 3.21. The van der Waals surface area contributed by atoms with Crippen molar-refractivity contribution >= 4 is 5.78 Å². The number of ketones is 1. The highest BCUT2D eigenvalue weighted by atomic mass is 16.5. The van der Waals surface area contributed by atoms with E-state index in [0.29, 0.717) is 18.9 Å². The van der Waals surface area contributed by atoms with Crippen molar-refractivity contribution in [2.45, 2.75) is 53.1 Å². The van der Waals surface area contributed by atoms with Gasteiger partial charge in [-0.3, -0.25) is 4.79 Å². The second kappa shape index (κ2) is 9.79. The van der Waals surface area contributed by atoms with Crippen LogP contribution in [0.1, 0.15) is 47.0 Å². The van der Waals surface area contributed by atoms with Crippen LogP contribution in [0.3, 0.4) is 0 Å². The summed E-state index contributed by atoms with van der Waals surface area (Å²) in [5.74, 6) is 0.849. The maximum absolute atomic E-state index is 11.3. The molecule has 0 aliphatic heterocycles. The van der Waals surface area contributed by atoms with E-state index in [1.165, 1.54) is 0 Å². The lowest BCUT2D eigenvalue weighted by atomic mass is 10.1. The van der Waals surface area contributed by atoms with Crippen LogP contribution >= 0.6 is 0 Å². The third kappa shape index (κ3) is 11.7. The van der Waals surface area contributed by atoms with E-state index in [0.717, 1.165) is 19.4 Å². The Bertz CT molecular complexity index is 176. The number of hydrogen-bond donors (Lipinski definition) is 0. The summed E-state index contributed by atoms with van der Waals surface area (Å²) >= 11 is 0. The van der Waals surface area contributed by atoms with Crippen LogP contribution in [-0.2, 0) is 14.3 Å². The van der Waals surface area contributed by atoms with Crippen molar-refractivity contribution in [2.75, 3.05) is 19.8 Å². The van der Waals surface area contributed by atoms with Crippen molar-refractivity contribution in [3.05, 3.63) is 0 Å². The molecule has 3 heteroatoms. The smallest absolute Gasteiger partial charge is 0.158 e. The molecule has 0 atom stereocenters. The Morgan fingerprint density at radius 2 is 1.81 bits per heavy atom. The highest BCUT2D eigenvalue weighted by Crippen LogP contribution is 2.00. The number of ether oxygens (including phenoxy) is 2. The Kier molecular flexibility index (Phi) is 9.54. The minimum atomic E-state index is 0.131. The Morgan fingerprint density at radius 1 is 1.12 bits per heavy atom. The van der Waals surface area contributed by atoms with Crippen LogP contribution < -0.4 is 0 Å². The third-order valence-electron chi connectivity index (χ3n) is 2.16. The van der Waals surface area contributed by atoms with Crippen LogP contribution in [0.4, 0.5) is 0 Å². The molecule has 0 rings (SSSR count). The average Bonchev–Trinajstić information content (AvgIpc) is 2.19. The summed E-state index contributed by atoms with van der Waals surface area (Å²) in [6.07, 6.45) is 2.59. The molecular weight excluding hydrogens is 204 g/mol. The normalized spacial score (nSPS) is 11.4. The van der Waals surface area contributed by atoms with E-state index in [4.69, 9.17) is 9.47 Å². The highest BCUT2D eigenvalue weighted by molar-refractivity contribution is 5.79. The topological polar surface area (TPSA) is 35.5 Å². The first-order valence-corrected chi connectivity index (χ1v) is 6.23. The maximum Gasteiger partial charge on any atom is 0.158 e. The van der Waals surface area contributed by atoms with Gasteiger partial charge in [-0.25, -0.2) is 0 Å². The van der Waals surface area contributed by atoms with E-state index < -0.39 is 0 Å². The largest absolute Gasteiger partial charge is 0.381 e.